The molecule has 1 saturated heterocycles. The number of hydrogen-bond acceptors (Lipinski definition) is 2. The van der Waals surface area contributed by atoms with Crippen LogP contribution in [0.15, 0.2) is 42.7 Å². The summed E-state index contributed by atoms with van der Waals surface area (Å²) in [6.07, 6.45) is 5.86. The topological polar surface area (TPSA) is 38.1 Å². The van der Waals surface area contributed by atoms with Gasteiger partial charge in [-0.05, 0) is 24.3 Å². The Hall–Kier alpha value is -2.10. The maximum absolute atomic E-state index is 12.5. The summed E-state index contributed by atoms with van der Waals surface area (Å²) < 4.78 is 1.83. The van der Waals surface area contributed by atoms with Crippen LogP contribution < -0.4 is 0 Å². The predicted octanol–water partition coefficient (Wildman–Crippen LogP) is 2.80. The standard InChI is InChI=1S/C17H21N3O/c1-14-6-5-9-19(11-14)17(21)16-10-18-20(13-16)12-15-7-3-2-4-8-15/h2-4,7-8,10,13-14H,5-6,9,11-12H2,1H3. The fourth-order valence-corrected chi connectivity index (χ4v) is 2.89. The van der Waals surface area contributed by atoms with Crippen molar-refractivity contribution in [1.29, 1.82) is 0 Å². The fourth-order valence-electron chi connectivity index (χ4n) is 2.89. The highest BCUT2D eigenvalue weighted by molar-refractivity contribution is 5.93. The van der Waals surface area contributed by atoms with Gasteiger partial charge in [0.05, 0.1) is 18.3 Å². The number of piperidine rings is 1. The number of hydrogen-bond donors (Lipinski definition) is 0. The lowest BCUT2D eigenvalue weighted by molar-refractivity contribution is 0.0683. The number of likely N-dealkylation sites (tertiary alicyclic amines) is 1. The van der Waals surface area contributed by atoms with Crippen LogP contribution in [0, 0.1) is 5.92 Å². The van der Waals surface area contributed by atoms with Crippen molar-refractivity contribution in [1.82, 2.24) is 14.7 Å². The molecule has 4 heteroatoms. The van der Waals surface area contributed by atoms with Crippen molar-refractivity contribution in [3.8, 4) is 0 Å². The minimum atomic E-state index is 0.112. The van der Waals surface area contributed by atoms with Crippen LogP contribution in [0.5, 0.6) is 0 Å². The van der Waals surface area contributed by atoms with E-state index in [0.717, 1.165) is 19.5 Å². The Bertz CT molecular complexity index is 606. The zero-order valence-electron chi connectivity index (χ0n) is 12.4. The van der Waals surface area contributed by atoms with Gasteiger partial charge < -0.3 is 4.90 Å². The number of carbonyl (C=O) groups excluding carboxylic acids is 1. The summed E-state index contributed by atoms with van der Waals surface area (Å²) in [7, 11) is 0. The molecule has 1 aromatic heterocycles. The van der Waals surface area contributed by atoms with E-state index in [0.29, 0.717) is 18.0 Å². The number of amides is 1. The van der Waals surface area contributed by atoms with E-state index in [1.807, 2.05) is 34.0 Å². The zero-order valence-corrected chi connectivity index (χ0v) is 12.4. The minimum Gasteiger partial charge on any atom is -0.338 e. The molecule has 0 radical (unpaired) electrons. The Balaban J connectivity index is 1.68. The molecule has 1 atom stereocenters. The molecule has 0 spiro atoms. The lowest BCUT2D eigenvalue weighted by Gasteiger charge is -2.30. The van der Waals surface area contributed by atoms with Gasteiger partial charge in [-0.3, -0.25) is 9.48 Å². The molecule has 0 bridgehead atoms. The lowest BCUT2D eigenvalue weighted by atomic mass is 10.00. The summed E-state index contributed by atoms with van der Waals surface area (Å²) in [5, 5.41) is 4.32. The Morgan fingerprint density at radius 1 is 1.33 bits per heavy atom. The number of aromatic nitrogens is 2. The SMILES string of the molecule is CC1CCCN(C(=O)c2cnn(Cc3ccccc3)c2)C1. The second kappa shape index (κ2) is 6.12. The molecule has 1 amide bonds. The Kier molecular flexibility index (Phi) is 4.04. The summed E-state index contributed by atoms with van der Waals surface area (Å²) in [4.78, 5) is 14.4. The molecule has 2 heterocycles. The molecule has 110 valence electrons. The van der Waals surface area contributed by atoms with Crippen molar-refractivity contribution in [2.45, 2.75) is 26.3 Å². The molecule has 1 unspecified atom stereocenters. The van der Waals surface area contributed by atoms with Crippen LogP contribution in [0.1, 0.15) is 35.7 Å². The summed E-state index contributed by atoms with van der Waals surface area (Å²) in [5.41, 5.74) is 1.88. The van der Waals surface area contributed by atoms with Gasteiger partial charge in [0.25, 0.3) is 5.91 Å². The number of benzene rings is 1. The maximum atomic E-state index is 12.5. The molecule has 2 aromatic rings. The zero-order chi connectivity index (χ0) is 14.7. The molecule has 0 aliphatic carbocycles. The first kappa shape index (κ1) is 13.9. The van der Waals surface area contributed by atoms with Crippen LogP contribution in [-0.4, -0.2) is 33.7 Å². The smallest absolute Gasteiger partial charge is 0.257 e. The van der Waals surface area contributed by atoms with Crippen molar-refractivity contribution in [2.24, 2.45) is 5.92 Å². The molecule has 1 aliphatic rings. The van der Waals surface area contributed by atoms with Gasteiger partial charge in [0, 0.05) is 19.3 Å². The van der Waals surface area contributed by atoms with Gasteiger partial charge in [-0.25, -0.2) is 0 Å². The highest BCUT2D eigenvalue weighted by Gasteiger charge is 2.22. The average molecular weight is 283 g/mol. The summed E-state index contributed by atoms with van der Waals surface area (Å²) in [6, 6.07) is 10.2. The summed E-state index contributed by atoms with van der Waals surface area (Å²) >= 11 is 0. The van der Waals surface area contributed by atoms with Gasteiger partial charge >= 0.3 is 0 Å². The second-order valence-electron chi connectivity index (χ2n) is 5.91. The van der Waals surface area contributed by atoms with Crippen molar-refractivity contribution in [3.63, 3.8) is 0 Å². The molecular weight excluding hydrogens is 262 g/mol. The largest absolute Gasteiger partial charge is 0.338 e. The fraction of sp³-hybridized carbons (Fsp3) is 0.412. The summed E-state index contributed by atoms with van der Waals surface area (Å²) in [6.45, 7) is 4.64. The second-order valence-corrected chi connectivity index (χ2v) is 5.91. The first-order chi connectivity index (χ1) is 10.2. The molecular formula is C17H21N3O. The van der Waals surface area contributed by atoms with Crippen molar-refractivity contribution in [3.05, 3.63) is 53.9 Å². The Morgan fingerprint density at radius 3 is 2.90 bits per heavy atom. The van der Waals surface area contributed by atoms with Crippen LogP contribution in [0.3, 0.4) is 0 Å². The van der Waals surface area contributed by atoms with Crippen molar-refractivity contribution < 1.29 is 4.79 Å². The van der Waals surface area contributed by atoms with Crippen LogP contribution in [0.2, 0.25) is 0 Å². The number of rotatable bonds is 3. The van der Waals surface area contributed by atoms with E-state index >= 15 is 0 Å². The molecule has 1 aromatic carbocycles. The maximum Gasteiger partial charge on any atom is 0.257 e. The van der Waals surface area contributed by atoms with Crippen LogP contribution in [0.4, 0.5) is 0 Å². The normalized spacial score (nSPS) is 18.7. The number of carbonyl (C=O) groups is 1. The van der Waals surface area contributed by atoms with Gasteiger partial charge in [0.2, 0.25) is 0 Å². The molecule has 0 N–H and O–H groups in total. The Morgan fingerprint density at radius 2 is 2.14 bits per heavy atom. The van der Waals surface area contributed by atoms with E-state index in [2.05, 4.69) is 24.2 Å². The van der Waals surface area contributed by atoms with Gasteiger partial charge in [0.1, 0.15) is 0 Å². The van der Waals surface area contributed by atoms with E-state index in [9.17, 15) is 4.79 Å². The monoisotopic (exact) mass is 283 g/mol. The van der Waals surface area contributed by atoms with Gasteiger partial charge in [-0.1, -0.05) is 37.3 Å². The quantitative estimate of drug-likeness (QED) is 0.868. The first-order valence-electron chi connectivity index (χ1n) is 7.58. The van der Waals surface area contributed by atoms with E-state index in [-0.39, 0.29) is 5.91 Å². The molecule has 21 heavy (non-hydrogen) atoms. The third kappa shape index (κ3) is 3.32. The van der Waals surface area contributed by atoms with Crippen molar-refractivity contribution in [2.75, 3.05) is 13.1 Å². The van der Waals surface area contributed by atoms with Gasteiger partial charge in [0.15, 0.2) is 0 Å². The number of nitrogens with zero attached hydrogens (tertiary/aromatic N) is 3. The minimum absolute atomic E-state index is 0.112. The van der Waals surface area contributed by atoms with Crippen LogP contribution >= 0.6 is 0 Å². The average Bonchev–Trinajstić information content (AvgIpc) is 2.96. The van der Waals surface area contributed by atoms with Gasteiger partial charge in [-0.15, -0.1) is 0 Å². The Labute approximate surface area is 125 Å². The van der Waals surface area contributed by atoms with Crippen LogP contribution in [-0.2, 0) is 6.54 Å². The van der Waals surface area contributed by atoms with Crippen LogP contribution in [0.25, 0.3) is 0 Å². The summed E-state index contributed by atoms with van der Waals surface area (Å²) in [5.74, 6) is 0.711. The molecule has 0 saturated carbocycles. The van der Waals surface area contributed by atoms with E-state index in [1.165, 1.54) is 12.0 Å². The third-order valence-corrected chi connectivity index (χ3v) is 4.01. The first-order valence-corrected chi connectivity index (χ1v) is 7.58. The predicted molar refractivity (Wildman–Crippen MR) is 82.1 cm³/mol. The molecule has 3 rings (SSSR count). The molecule has 1 aliphatic heterocycles. The highest BCUT2D eigenvalue weighted by Crippen LogP contribution is 2.17. The lowest BCUT2D eigenvalue weighted by Crippen LogP contribution is -2.38. The third-order valence-electron chi connectivity index (χ3n) is 4.01. The van der Waals surface area contributed by atoms with E-state index in [4.69, 9.17) is 0 Å². The van der Waals surface area contributed by atoms with E-state index in [1.54, 1.807) is 6.20 Å². The molecule has 4 nitrogen and oxygen atoms in total. The molecule has 1 fully saturated rings. The van der Waals surface area contributed by atoms with Crippen molar-refractivity contribution >= 4 is 5.91 Å². The highest BCUT2D eigenvalue weighted by atomic mass is 16.2. The van der Waals surface area contributed by atoms with Gasteiger partial charge in [-0.2, -0.15) is 5.10 Å². The van der Waals surface area contributed by atoms with E-state index < -0.39 is 0 Å².